The number of nitrogens with zero attached hydrogens (tertiary/aromatic N) is 1. The van der Waals surface area contributed by atoms with Crippen molar-refractivity contribution in [3.05, 3.63) is 23.8 Å². The molecule has 3 saturated carbocycles. The molecule has 130 valence electrons. The maximum Gasteiger partial charge on any atom is 0.178 e. The van der Waals surface area contributed by atoms with Crippen molar-refractivity contribution >= 4 is 5.78 Å². The van der Waals surface area contributed by atoms with E-state index in [0.29, 0.717) is 5.41 Å². The Morgan fingerprint density at radius 2 is 1.92 bits per heavy atom. The summed E-state index contributed by atoms with van der Waals surface area (Å²) in [6, 6.07) is 0.772. The van der Waals surface area contributed by atoms with Gasteiger partial charge in [-0.1, -0.05) is 18.6 Å². The van der Waals surface area contributed by atoms with Crippen molar-refractivity contribution in [2.24, 2.45) is 34.5 Å². The minimum absolute atomic E-state index is 0.159. The monoisotopic (exact) mass is 325 g/mol. The number of ketones is 1. The van der Waals surface area contributed by atoms with Gasteiger partial charge < -0.3 is 4.90 Å². The Kier molecular flexibility index (Phi) is 3.10. The molecule has 0 bridgehead atoms. The molecule has 1 aliphatic heterocycles. The first-order valence-electron chi connectivity index (χ1n) is 10.1. The van der Waals surface area contributed by atoms with Gasteiger partial charge in [0.2, 0.25) is 0 Å². The zero-order valence-electron chi connectivity index (χ0n) is 15.4. The van der Waals surface area contributed by atoms with E-state index in [4.69, 9.17) is 0 Å². The van der Waals surface area contributed by atoms with Crippen LogP contribution < -0.4 is 0 Å². The van der Waals surface area contributed by atoms with Gasteiger partial charge in [-0.25, -0.2) is 0 Å². The molecule has 7 atom stereocenters. The fraction of sp³-hybridized carbons (Fsp3) is 0.773. The van der Waals surface area contributed by atoms with Crippen LogP contribution >= 0.6 is 0 Å². The fourth-order valence-electron chi connectivity index (χ4n) is 8.00. The summed E-state index contributed by atoms with van der Waals surface area (Å²) in [5.41, 5.74) is 2.20. The number of hydrogen-bond acceptors (Lipinski definition) is 2. The molecule has 1 spiro atoms. The Labute approximate surface area is 146 Å². The summed E-state index contributed by atoms with van der Waals surface area (Å²) in [5.74, 6) is 3.71. The number of hydrogen-bond donors (Lipinski definition) is 0. The highest BCUT2D eigenvalue weighted by Crippen LogP contribution is 2.68. The largest absolute Gasteiger partial charge is 0.303 e. The van der Waals surface area contributed by atoms with Crippen molar-refractivity contribution in [3.8, 4) is 0 Å². The molecule has 0 N–H and O–H groups in total. The molecule has 24 heavy (non-hydrogen) atoms. The normalized spacial score (nSPS) is 53.2. The molecule has 5 rings (SSSR count). The van der Waals surface area contributed by atoms with E-state index in [1.807, 2.05) is 12.2 Å². The molecule has 0 radical (unpaired) electrons. The van der Waals surface area contributed by atoms with E-state index in [1.54, 1.807) is 0 Å². The van der Waals surface area contributed by atoms with Crippen LogP contribution in [0.1, 0.15) is 52.4 Å². The highest BCUT2D eigenvalue weighted by molar-refractivity contribution is 6.01. The van der Waals surface area contributed by atoms with Crippen molar-refractivity contribution in [1.29, 1.82) is 0 Å². The molecule has 0 aromatic heterocycles. The highest BCUT2D eigenvalue weighted by Gasteiger charge is 2.63. The smallest absolute Gasteiger partial charge is 0.178 e. The summed E-state index contributed by atoms with van der Waals surface area (Å²) < 4.78 is 0. The second kappa shape index (κ2) is 4.84. The summed E-state index contributed by atoms with van der Waals surface area (Å²) >= 11 is 0. The maximum atomic E-state index is 11.9. The molecule has 4 fully saturated rings. The molecule has 0 amide bonds. The van der Waals surface area contributed by atoms with Gasteiger partial charge in [0.05, 0.1) is 0 Å². The zero-order chi connectivity index (χ0) is 16.7. The molecular formula is C22H31NO. The zero-order valence-corrected chi connectivity index (χ0v) is 15.4. The van der Waals surface area contributed by atoms with Gasteiger partial charge in [0.25, 0.3) is 0 Å². The van der Waals surface area contributed by atoms with Crippen molar-refractivity contribution in [2.75, 3.05) is 13.6 Å². The van der Waals surface area contributed by atoms with Crippen molar-refractivity contribution in [1.82, 2.24) is 4.90 Å². The summed E-state index contributed by atoms with van der Waals surface area (Å²) in [6.45, 7) is 6.22. The lowest BCUT2D eigenvalue weighted by Crippen LogP contribution is -2.51. The molecular weight excluding hydrogens is 294 g/mol. The quantitative estimate of drug-likeness (QED) is 0.664. The van der Waals surface area contributed by atoms with Gasteiger partial charge in [0.15, 0.2) is 5.78 Å². The summed E-state index contributed by atoms with van der Waals surface area (Å²) in [5, 5.41) is 0. The van der Waals surface area contributed by atoms with Gasteiger partial charge in [-0.05, 0) is 93.7 Å². The molecule has 1 saturated heterocycles. The summed E-state index contributed by atoms with van der Waals surface area (Å²) in [7, 11) is 2.35. The van der Waals surface area contributed by atoms with Gasteiger partial charge in [-0.2, -0.15) is 0 Å². The molecule has 2 heteroatoms. The maximum absolute atomic E-state index is 11.9. The van der Waals surface area contributed by atoms with Crippen LogP contribution in [-0.4, -0.2) is 30.3 Å². The first kappa shape index (κ1) is 15.4. The lowest BCUT2D eigenvalue weighted by Gasteiger charge is -2.57. The van der Waals surface area contributed by atoms with E-state index in [1.165, 1.54) is 44.2 Å². The van der Waals surface area contributed by atoms with Crippen LogP contribution in [0.2, 0.25) is 0 Å². The van der Waals surface area contributed by atoms with Crippen LogP contribution in [0.5, 0.6) is 0 Å². The number of carbonyl (C=O) groups excluding carboxylic acids is 1. The second-order valence-corrected chi connectivity index (χ2v) is 9.71. The Bertz CT molecular complexity index is 648. The van der Waals surface area contributed by atoms with Crippen molar-refractivity contribution in [3.63, 3.8) is 0 Å². The number of fused-ring (bicyclic) bond motifs is 4. The first-order valence-corrected chi connectivity index (χ1v) is 10.1. The molecule has 5 aliphatic rings. The third-order valence-corrected chi connectivity index (χ3v) is 9.16. The van der Waals surface area contributed by atoms with Gasteiger partial charge in [-0.15, -0.1) is 0 Å². The van der Waals surface area contributed by atoms with Gasteiger partial charge in [-0.3, -0.25) is 4.79 Å². The lowest BCUT2D eigenvalue weighted by molar-refractivity contribution is -0.111. The topological polar surface area (TPSA) is 20.3 Å². The predicted molar refractivity (Wildman–Crippen MR) is 96.5 cm³/mol. The van der Waals surface area contributed by atoms with Crippen LogP contribution in [0.15, 0.2) is 23.8 Å². The average molecular weight is 325 g/mol. The molecule has 0 aromatic rings. The first-order chi connectivity index (χ1) is 11.5. The molecule has 0 aromatic carbocycles. The molecule has 7 unspecified atom stereocenters. The van der Waals surface area contributed by atoms with E-state index in [9.17, 15) is 4.79 Å². The van der Waals surface area contributed by atoms with Crippen LogP contribution in [-0.2, 0) is 4.79 Å². The van der Waals surface area contributed by atoms with Crippen molar-refractivity contribution < 1.29 is 4.79 Å². The SMILES string of the molecule is CC1C2CCC3C4CCC5=CC(=O)C=CC5(C)C4CCC32CN1C. The van der Waals surface area contributed by atoms with E-state index in [0.717, 1.165) is 36.1 Å². The molecule has 4 aliphatic carbocycles. The average Bonchev–Trinajstić information content (AvgIpc) is 3.03. The number of carbonyl (C=O) groups is 1. The third kappa shape index (κ3) is 1.74. The summed E-state index contributed by atoms with van der Waals surface area (Å²) in [4.78, 5) is 14.5. The van der Waals surface area contributed by atoms with E-state index >= 15 is 0 Å². The number of allylic oxidation sites excluding steroid dienone is 4. The van der Waals surface area contributed by atoms with Crippen LogP contribution in [0, 0.1) is 34.5 Å². The Balaban J connectivity index is 1.51. The van der Waals surface area contributed by atoms with E-state index < -0.39 is 0 Å². The number of likely N-dealkylation sites (tertiary alicyclic amines) is 1. The predicted octanol–water partition coefficient (Wildman–Crippen LogP) is 4.22. The van der Waals surface area contributed by atoms with Crippen molar-refractivity contribution in [2.45, 2.75) is 58.4 Å². The van der Waals surface area contributed by atoms with Crippen LogP contribution in [0.25, 0.3) is 0 Å². The fourth-order valence-corrected chi connectivity index (χ4v) is 8.00. The van der Waals surface area contributed by atoms with Gasteiger partial charge in [0.1, 0.15) is 0 Å². The van der Waals surface area contributed by atoms with Gasteiger partial charge >= 0.3 is 0 Å². The summed E-state index contributed by atoms with van der Waals surface area (Å²) in [6.07, 6.45) is 14.3. The Morgan fingerprint density at radius 3 is 2.75 bits per heavy atom. The number of rotatable bonds is 0. The van der Waals surface area contributed by atoms with Gasteiger partial charge in [0, 0.05) is 18.0 Å². The standard InChI is InChI=1S/C22H31NO/c1-14-18-6-7-20-17-5-4-15-12-16(24)8-10-21(15,2)19(17)9-11-22(18,20)13-23(14)3/h8,10,12,14,17-20H,4-7,9,11,13H2,1-3H3. The van der Waals surface area contributed by atoms with E-state index in [2.05, 4.69) is 31.9 Å². The minimum atomic E-state index is 0.159. The molecule has 2 nitrogen and oxygen atoms in total. The lowest BCUT2D eigenvalue weighted by atomic mass is 9.47. The second-order valence-electron chi connectivity index (χ2n) is 9.71. The Morgan fingerprint density at radius 1 is 1.12 bits per heavy atom. The molecule has 1 heterocycles. The highest BCUT2D eigenvalue weighted by atomic mass is 16.1. The third-order valence-electron chi connectivity index (χ3n) is 9.16. The van der Waals surface area contributed by atoms with E-state index in [-0.39, 0.29) is 11.2 Å². The van der Waals surface area contributed by atoms with Crippen LogP contribution in [0.4, 0.5) is 0 Å². The van der Waals surface area contributed by atoms with Crippen LogP contribution in [0.3, 0.4) is 0 Å². The Hall–Kier alpha value is -0.890. The minimum Gasteiger partial charge on any atom is -0.303 e.